The topological polar surface area (TPSA) is 34.9 Å². The first-order valence-electron chi connectivity index (χ1n) is 11.6. The number of aryl methyl sites for hydroxylation is 1. The van der Waals surface area contributed by atoms with E-state index in [9.17, 15) is 4.79 Å². The zero-order valence-corrected chi connectivity index (χ0v) is 19.3. The molecule has 1 spiro atoms. The van der Waals surface area contributed by atoms with E-state index in [1.807, 2.05) is 16.7 Å². The van der Waals surface area contributed by atoms with Crippen LogP contribution in [0.1, 0.15) is 62.1 Å². The second-order valence-corrected chi connectivity index (χ2v) is 10.2. The van der Waals surface area contributed by atoms with Crippen LogP contribution in [-0.4, -0.2) is 15.3 Å². The lowest BCUT2D eigenvalue weighted by molar-refractivity contribution is 0.283. The third-order valence-corrected chi connectivity index (χ3v) is 8.03. The molecule has 1 aromatic heterocycles. The molecule has 0 saturated heterocycles. The highest BCUT2D eigenvalue weighted by Crippen LogP contribution is 2.49. The Bertz CT molecular complexity index is 1170. The Morgan fingerprint density at radius 2 is 1.87 bits per heavy atom. The number of hydrogen-bond acceptors (Lipinski definition) is 3. The molecule has 3 nitrogen and oxygen atoms in total. The Labute approximate surface area is 188 Å². The molecule has 160 valence electrons. The first-order valence-corrected chi connectivity index (χ1v) is 12.6. The van der Waals surface area contributed by atoms with Gasteiger partial charge < -0.3 is 0 Å². The van der Waals surface area contributed by atoms with Gasteiger partial charge in [0, 0.05) is 16.7 Å². The van der Waals surface area contributed by atoms with Crippen LogP contribution in [0.3, 0.4) is 0 Å². The van der Waals surface area contributed by atoms with Gasteiger partial charge in [-0.15, -0.1) is 0 Å². The van der Waals surface area contributed by atoms with Gasteiger partial charge in [0.1, 0.15) is 0 Å². The van der Waals surface area contributed by atoms with Crippen LogP contribution in [0, 0.1) is 6.92 Å². The van der Waals surface area contributed by atoms with Crippen molar-refractivity contribution in [3.63, 3.8) is 0 Å². The van der Waals surface area contributed by atoms with Crippen LogP contribution in [0.5, 0.6) is 0 Å². The normalized spacial score (nSPS) is 16.7. The van der Waals surface area contributed by atoms with Crippen molar-refractivity contribution in [2.75, 3.05) is 5.75 Å². The van der Waals surface area contributed by atoms with E-state index in [-0.39, 0.29) is 11.0 Å². The molecule has 2 aliphatic rings. The summed E-state index contributed by atoms with van der Waals surface area (Å²) in [4.78, 5) is 19.5. The first kappa shape index (κ1) is 20.6. The summed E-state index contributed by atoms with van der Waals surface area (Å²) in [5.41, 5.74) is 6.57. The number of benzene rings is 2. The Hall–Kier alpha value is -2.33. The van der Waals surface area contributed by atoms with E-state index in [4.69, 9.17) is 4.98 Å². The van der Waals surface area contributed by atoms with Gasteiger partial charge in [-0.05, 0) is 55.9 Å². The van der Waals surface area contributed by atoms with E-state index in [0.29, 0.717) is 0 Å². The lowest BCUT2D eigenvalue weighted by atomic mass is 9.62. The smallest absolute Gasteiger partial charge is 0.263 e. The summed E-state index contributed by atoms with van der Waals surface area (Å²) < 4.78 is 1.90. The second kappa shape index (κ2) is 8.31. The maximum atomic E-state index is 14.3. The molecule has 0 unspecified atom stereocenters. The fourth-order valence-corrected chi connectivity index (χ4v) is 6.33. The minimum Gasteiger partial charge on any atom is -0.268 e. The second-order valence-electron chi connectivity index (χ2n) is 9.12. The van der Waals surface area contributed by atoms with Crippen molar-refractivity contribution in [1.29, 1.82) is 0 Å². The van der Waals surface area contributed by atoms with E-state index >= 15 is 0 Å². The largest absolute Gasteiger partial charge is 0.268 e. The van der Waals surface area contributed by atoms with E-state index in [0.717, 1.165) is 64.7 Å². The summed E-state index contributed by atoms with van der Waals surface area (Å²) in [5, 5.41) is 0.818. The molecule has 5 rings (SSSR count). The molecular weight excluding hydrogens is 400 g/mol. The molecule has 0 aliphatic heterocycles. The lowest BCUT2D eigenvalue weighted by Gasteiger charge is -2.42. The van der Waals surface area contributed by atoms with Crippen molar-refractivity contribution in [2.24, 2.45) is 0 Å². The molecule has 2 aromatic carbocycles. The summed E-state index contributed by atoms with van der Waals surface area (Å²) in [5.74, 6) is 0.948. The van der Waals surface area contributed by atoms with Gasteiger partial charge in [-0.1, -0.05) is 74.3 Å². The van der Waals surface area contributed by atoms with Gasteiger partial charge >= 0.3 is 0 Å². The molecule has 0 amide bonds. The van der Waals surface area contributed by atoms with Crippen LogP contribution in [0.2, 0.25) is 0 Å². The van der Waals surface area contributed by atoms with E-state index < -0.39 is 0 Å². The summed E-state index contributed by atoms with van der Waals surface area (Å²) >= 11 is 1.70. The maximum absolute atomic E-state index is 14.3. The molecule has 1 heterocycles. The number of aromatic nitrogens is 2. The van der Waals surface area contributed by atoms with E-state index in [1.165, 1.54) is 24.8 Å². The number of nitrogens with zero attached hydrogens (tertiary/aromatic N) is 2. The molecule has 0 atom stereocenters. The predicted octanol–water partition coefficient (Wildman–Crippen LogP) is 6.47. The van der Waals surface area contributed by atoms with E-state index in [1.54, 1.807) is 11.8 Å². The van der Waals surface area contributed by atoms with Crippen molar-refractivity contribution in [3.05, 3.63) is 75.6 Å². The molecule has 0 N–H and O–H groups in total. The molecule has 2 aliphatic carbocycles. The molecule has 3 aromatic rings. The standard InChI is InChI=1S/C27H30N2OS/c1-3-16-31-26-28-24-22-13-6-5-11-20(22)18-27(14-7-4-8-15-27)23(24)25(30)29(26)21-12-9-10-19(2)17-21/h5-6,9-13,17H,3-4,7-8,14-16,18H2,1-2H3. The van der Waals surface area contributed by atoms with Gasteiger partial charge in [-0.25, -0.2) is 4.98 Å². The Kier molecular flexibility index (Phi) is 5.51. The predicted molar refractivity (Wildman–Crippen MR) is 129 cm³/mol. The van der Waals surface area contributed by atoms with Crippen LogP contribution >= 0.6 is 11.8 Å². The van der Waals surface area contributed by atoms with Crippen molar-refractivity contribution in [3.8, 4) is 16.9 Å². The minimum atomic E-state index is -0.0778. The summed E-state index contributed by atoms with van der Waals surface area (Å²) in [6, 6.07) is 16.9. The quantitative estimate of drug-likeness (QED) is 0.351. The summed E-state index contributed by atoms with van der Waals surface area (Å²) in [7, 11) is 0. The van der Waals surface area contributed by atoms with Crippen LogP contribution in [0.15, 0.2) is 58.5 Å². The van der Waals surface area contributed by atoms with Gasteiger partial charge in [0.15, 0.2) is 5.16 Å². The molecule has 31 heavy (non-hydrogen) atoms. The molecule has 1 saturated carbocycles. The van der Waals surface area contributed by atoms with Crippen molar-refractivity contribution in [2.45, 2.75) is 69.4 Å². The zero-order chi connectivity index (χ0) is 21.4. The van der Waals surface area contributed by atoms with Gasteiger partial charge in [0.2, 0.25) is 0 Å². The van der Waals surface area contributed by atoms with Gasteiger partial charge in [-0.2, -0.15) is 0 Å². The summed E-state index contributed by atoms with van der Waals surface area (Å²) in [6.07, 6.45) is 7.83. The van der Waals surface area contributed by atoms with E-state index in [2.05, 4.69) is 50.2 Å². The van der Waals surface area contributed by atoms with Gasteiger partial charge in [0.05, 0.1) is 16.9 Å². The fraction of sp³-hybridized carbons (Fsp3) is 0.407. The van der Waals surface area contributed by atoms with Gasteiger partial charge in [0.25, 0.3) is 5.56 Å². The number of fused-ring (bicyclic) bond motifs is 4. The Morgan fingerprint density at radius 1 is 1.06 bits per heavy atom. The Balaban J connectivity index is 1.83. The zero-order valence-electron chi connectivity index (χ0n) is 18.5. The van der Waals surface area contributed by atoms with Crippen molar-refractivity contribution < 1.29 is 0 Å². The molecule has 1 fully saturated rings. The molecular formula is C27H30N2OS. The lowest BCUT2D eigenvalue weighted by Crippen LogP contribution is -2.42. The van der Waals surface area contributed by atoms with Crippen LogP contribution in [0.25, 0.3) is 16.9 Å². The average molecular weight is 431 g/mol. The minimum absolute atomic E-state index is 0.0778. The molecule has 0 bridgehead atoms. The van der Waals surface area contributed by atoms with Crippen LogP contribution in [-0.2, 0) is 11.8 Å². The van der Waals surface area contributed by atoms with Crippen molar-refractivity contribution >= 4 is 11.8 Å². The van der Waals surface area contributed by atoms with Crippen LogP contribution in [0.4, 0.5) is 0 Å². The van der Waals surface area contributed by atoms with Crippen LogP contribution < -0.4 is 5.56 Å². The van der Waals surface area contributed by atoms with Crippen molar-refractivity contribution in [1.82, 2.24) is 9.55 Å². The monoisotopic (exact) mass is 430 g/mol. The number of rotatable bonds is 4. The highest BCUT2D eigenvalue weighted by Gasteiger charge is 2.43. The average Bonchev–Trinajstić information content (AvgIpc) is 2.78. The molecule has 4 heteroatoms. The number of thioether (sulfide) groups is 1. The summed E-state index contributed by atoms with van der Waals surface area (Å²) in [6.45, 7) is 4.25. The highest BCUT2D eigenvalue weighted by atomic mass is 32.2. The Morgan fingerprint density at radius 3 is 2.65 bits per heavy atom. The first-order chi connectivity index (χ1) is 15.1. The third kappa shape index (κ3) is 3.55. The third-order valence-electron chi connectivity index (χ3n) is 6.89. The highest BCUT2D eigenvalue weighted by molar-refractivity contribution is 7.99. The molecule has 0 radical (unpaired) electrons. The SMILES string of the molecule is CCCSc1nc2c(c(=O)n1-c1cccc(C)c1)C1(CCCCC1)Cc1ccccc1-2. The number of hydrogen-bond donors (Lipinski definition) is 0. The fourth-order valence-electron chi connectivity index (χ4n) is 5.47. The maximum Gasteiger partial charge on any atom is 0.263 e. The van der Waals surface area contributed by atoms with Gasteiger partial charge in [-0.3, -0.25) is 9.36 Å².